The first-order valence-corrected chi connectivity index (χ1v) is 6.25. The fourth-order valence-electron chi connectivity index (χ4n) is 2.93. The molecule has 0 radical (unpaired) electrons. The lowest BCUT2D eigenvalue weighted by Gasteiger charge is -2.42. The van der Waals surface area contributed by atoms with Crippen molar-refractivity contribution in [3.8, 4) is 0 Å². The van der Waals surface area contributed by atoms with Crippen molar-refractivity contribution in [3.05, 3.63) is 0 Å². The van der Waals surface area contributed by atoms with Crippen LogP contribution in [0, 0.1) is 5.92 Å². The second-order valence-electron chi connectivity index (χ2n) is 5.12. The number of halogens is 1. The minimum Gasteiger partial charge on any atom is -0.378 e. The van der Waals surface area contributed by atoms with Gasteiger partial charge in [-0.3, -0.25) is 0 Å². The third kappa shape index (κ3) is 2.11. The van der Waals surface area contributed by atoms with Gasteiger partial charge in [-0.05, 0) is 25.2 Å². The maximum Gasteiger partial charge on any atom is 0.125 e. The van der Waals surface area contributed by atoms with Crippen LogP contribution in [-0.4, -0.2) is 37.6 Å². The molecule has 2 saturated heterocycles. The van der Waals surface area contributed by atoms with Gasteiger partial charge in [0.15, 0.2) is 0 Å². The van der Waals surface area contributed by atoms with Gasteiger partial charge in [0.25, 0.3) is 0 Å². The molecule has 2 N–H and O–H groups in total. The van der Waals surface area contributed by atoms with Gasteiger partial charge in [-0.15, -0.1) is 0 Å². The van der Waals surface area contributed by atoms with E-state index in [-0.39, 0.29) is 18.1 Å². The molecule has 2 aliphatic heterocycles. The molecule has 0 bridgehead atoms. The smallest absolute Gasteiger partial charge is 0.125 e. The van der Waals surface area contributed by atoms with Crippen LogP contribution in [0.15, 0.2) is 0 Å². The van der Waals surface area contributed by atoms with E-state index in [1.54, 1.807) is 0 Å². The van der Waals surface area contributed by atoms with Crippen LogP contribution in [0.1, 0.15) is 32.6 Å². The van der Waals surface area contributed by atoms with E-state index < -0.39 is 5.67 Å². The topological polar surface area (TPSA) is 44.5 Å². The summed E-state index contributed by atoms with van der Waals surface area (Å²) in [7, 11) is 0. The van der Waals surface area contributed by atoms with Crippen molar-refractivity contribution in [3.63, 3.8) is 0 Å². The molecule has 94 valence electrons. The van der Waals surface area contributed by atoms with E-state index in [9.17, 15) is 4.39 Å². The SMILES string of the molecule is CCC(F)(CN)C1CCOC2(CCOC2)C1. The third-order valence-electron chi connectivity index (χ3n) is 4.22. The minimum absolute atomic E-state index is 0.0259. The molecule has 3 atom stereocenters. The Morgan fingerprint density at radius 2 is 2.31 bits per heavy atom. The second kappa shape index (κ2) is 4.59. The van der Waals surface area contributed by atoms with Crippen LogP contribution in [0.2, 0.25) is 0 Å². The number of ether oxygens (including phenoxy) is 2. The zero-order valence-electron chi connectivity index (χ0n) is 10.0. The standard InChI is InChI=1S/C12H22FNO2/c1-2-12(13,8-14)10-3-5-16-11(7-10)4-6-15-9-11/h10H,2-9,14H2,1H3. The van der Waals surface area contributed by atoms with Crippen molar-refractivity contribution in [2.24, 2.45) is 11.7 Å². The van der Waals surface area contributed by atoms with Gasteiger partial charge in [0, 0.05) is 26.2 Å². The number of hydrogen-bond donors (Lipinski definition) is 1. The van der Waals surface area contributed by atoms with Crippen LogP contribution < -0.4 is 5.73 Å². The fourth-order valence-corrected chi connectivity index (χ4v) is 2.93. The van der Waals surface area contributed by atoms with Crippen molar-refractivity contribution < 1.29 is 13.9 Å². The van der Waals surface area contributed by atoms with Gasteiger partial charge < -0.3 is 15.2 Å². The summed E-state index contributed by atoms with van der Waals surface area (Å²) >= 11 is 0. The first-order valence-electron chi connectivity index (χ1n) is 6.25. The summed E-state index contributed by atoms with van der Waals surface area (Å²) in [6.07, 6.45) is 2.93. The molecule has 4 heteroatoms. The summed E-state index contributed by atoms with van der Waals surface area (Å²) in [5.41, 5.74) is 4.15. The molecular formula is C12H22FNO2. The quantitative estimate of drug-likeness (QED) is 0.803. The number of rotatable bonds is 3. The molecule has 2 rings (SSSR count). The van der Waals surface area contributed by atoms with Crippen LogP contribution in [0.3, 0.4) is 0 Å². The molecule has 0 aromatic rings. The maximum absolute atomic E-state index is 14.6. The molecule has 2 fully saturated rings. The lowest BCUT2D eigenvalue weighted by molar-refractivity contribution is -0.124. The van der Waals surface area contributed by atoms with Gasteiger partial charge >= 0.3 is 0 Å². The van der Waals surface area contributed by atoms with Crippen molar-refractivity contribution in [2.75, 3.05) is 26.4 Å². The van der Waals surface area contributed by atoms with E-state index >= 15 is 0 Å². The van der Waals surface area contributed by atoms with E-state index in [1.807, 2.05) is 6.92 Å². The average Bonchev–Trinajstić information content (AvgIpc) is 2.76. The average molecular weight is 231 g/mol. The van der Waals surface area contributed by atoms with Crippen LogP contribution in [0.25, 0.3) is 0 Å². The summed E-state index contributed by atoms with van der Waals surface area (Å²) in [6.45, 7) is 3.99. The molecule has 0 amide bonds. The highest BCUT2D eigenvalue weighted by Gasteiger charge is 2.47. The third-order valence-corrected chi connectivity index (χ3v) is 4.22. The summed E-state index contributed by atoms with van der Waals surface area (Å²) < 4.78 is 25.7. The van der Waals surface area contributed by atoms with Crippen LogP contribution >= 0.6 is 0 Å². The summed E-state index contributed by atoms with van der Waals surface area (Å²) in [6, 6.07) is 0. The van der Waals surface area contributed by atoms with E-state index in [0.717, 1.165) is 25.9 Å². The van der Waals surface area contributed by atoms with Crippen LogP contribution in [0.4, 0.5) is 4.39 Å². The first kappa shape index (κ1) is 12.3. The molecule has 2 heterocycles. The first-order chi connectivity index (χ1) is 7.64. The Bertz CT molecular complexity index is 237. The molecular weight excluding hydrogens is 209 g/mol. The van der Waals surface area contributed by atoms with E-state index in [0.29, 0.717) is 19.6 Å². The van der Waals surface area contributed by atoms with Gasteiger partial charge in [-0.2, -0.15) is 0 Å². The molecule has 2 aliphatic rings. The lowest BCUT2D eigenvalue weighted by Crippen LogP contribution is -2.49. The Hall–Kier alpha value is -0.190. The normalized spacial score (nSPS) is 38.8. The Morgan fingerprint density at radius 3 is 2.88 bits per heavy atom. The van der Waals surface area contributed by atoms with Gasteiger partial charge in [0.1, 0.15) is 5.67 Å². The molecule has 3 nitrogen and oxygen atoms in total. The molecule has 1 spiro atoms. The highest BCUT2D eigenvalue weighted by molar-refractivity contribution is 4.97. The van der Waals surface area contributed by atoms with Crippen LogP contribution in [-0.2, 0) is 9.47 Å². The molecule has 0 aromatic carbocycles. The predicted molar refractivity (Wildman–Crippen MR) is 60.0 cm³/mol. The lowest BCUT2D eigenvalue weighted by atomic mass is 9.75. The van der Waals surface area contributed by atoms with E-state index in [4.69, 9.17) is 15.2 Å². The van der Waals surface area contributed by atoms with E-state index in [2.05, 4.69) is 0 Å². The van der Waals surface area contributed by atoms with Crippen molar-refractivity contribution in [1.29, 1.82) is 0 Å². The Balaban J connectivity index is 2.06. The van der Waals surface area contributed by atoms with Gasteiger partial charge in [-0.25, -0.2) is 4.39 Å². The Kier molecular flexibility index (Phi) is 3.52. The van der Waals surface area contributed by atoms with Crippen molar-refractivity contribution >= 4 is 0 Å². The summed E-state index contributed by atoms with van der Waals surface area (Å²) in [4.78, 5) is 0. The highest BCUT2D eigenvalue weighted by atomic mass is 19.1. The van der Waals surface area contributed by atoms with Gasteiger partial charge in [-0.1, -0.05) is 6.92 Å². The molecule has 0 aromatic heterocycles. The van der Waals surface area contributed by atoms with Crippen molar-refractivity contribution in [1.82, 2.24) is 0 Å². The zero-order valence-corrected chi connectivity index (χ0v) is 10.0. The number of alkyl halides is 1. The predicted octanol–water partition coefficient (Wildman–Crippen LogP) is 1.65. The minimum atomic E-state index is -1.22. The van der Waals surface area contributed by atoms with Gasteiger partial charge in [0.05, 0.1) is 12.2 Å². The van der Waals surface area contributed by atoms with E-state index in [1.165, 1.54) is 0 Å². The Morgan fingerprint density at radius 1 is 1.50 bits per heavy atom. The number of nitrogens with two attached hydrogens (primary N) is 1. The number of hydrogen-bond acceptors (Lipinski definition) is 3. The molecule has 0 saturated carbocycles. The fraction of sp³-hybridized carbons (Fsp3) is 1.00. The summed E-state index contributed by atoms with van der Waals surface area (Å²) in [5, 5.41) is 0. The zero-order chi connectivity index (χ0) is 11.6. The maximum atomic E-state index is 14.6. The van der Waals surface area contributed by atoms with Crippen LogP contribution in [0.5, 0.6) is 0 Å². The monoisotopic (exact) mass is 231 g/mol. The van der Waals surface area contributed by atoms with Gasteiger partial charge in [0.2, 0.25) is 0 Å². The summed E-state index contributed by atoms with van der Waals surface area (Å²) in [5.74, 6) is 0.0259. The largest absolute Gasteiger partial charge is 0.378 e. The Labute approximate surface area is 96.5 Å². The molecule has 3 unspecified atom stereocenters. The molecule has 0 aliphatic carbocycles. The molecule has 16 heavy (non-hydrogen) atoms. The highest BCUT2D eigenvalue weighted by Crippen LogP contribution is 2.42. The van der Waals surface area contributed by atoms with Crippen molar-refractivity contribution in [2.45, 2.75) is 43.9 Å². The second-order valence-corrected chi connectivity index (χ2v) is 5.12.